The third-order valence-electron chi connectivity index (χ3n) is 3.35. The maximum absolute atomic E-state index is 12.3. The maximum atomic E-state index is 12.3. The first-order valence-electron chi connectivity index (χ1n) is 5.52. The summed E-state index contributed by atoms with van der Waals surface area (Å²) in [4.78, 5) is 14.0. The van der Waals surface area contributed by atoms with Crippen LogP contribution >= 0.6 is 12.2 Å². The van der Waals surface area contributed by atoms with Crippen LogP contribution in [0.4, 0.5) is 0 Å². The smallest absolute Gasteiger partial charge is 0.235 e. The summed E-state index contributed by atoms with van der Waals surface area (Å²) in [6.07, 6.45) is 0.518. The fourth-order valence-electron chi connectivity index (χ4n) is 1.70. The van der Waals surface area contributed by atoms with Gasteiger partial charge in [-0.05, 0) is 13.3 Å². The normalized spacial score (nSPS) is 22.8. The molecule has 0 aromatic rings. The van der Waals surface area contributed by atoms with Gasteiger partial charge in [-0.2, -0.15) is 0 Å². The van der Waals surface area contributed by atoms with E-state index in [0.717, 1.165) is 0 Å². The summed E-state index contributed by atoms with van der Waals surface area (Å²) in [5.41, 5.74) is 4.74. The lowest BCUT2D eigenvalue weighted by atomic mass is 9.86. The number of carbonyl (C=O) groups is 1. The summed E-state index contributed by atoms with van der Waals surface area (Å²) in [6, 6.07) is 0. The molecule has 0 radical (unpaired) electrons. The average Bonchev–Trinajstić information content (AvgIpc) is 2.26. The van der Waals surface area contributed by atoms with Crippen LogP contribution in [0.25, 0.3) is 0 Å². The van der Waals surface area contributed by atoms with Gasteiger partial charge in [0.25, 0.3) is 0 Å². The van der Waals surface area contributed by atoms with Crippen molar-refractivity contribution < 1.29 is 13.2 Å². The number of amides is 1. The molecule has 0 bridgehead atoms. The van der Waals surface area contributed by atoms with Gasteiger partial charge in [-0.1, -0.05) is 19.1 Å². The van der Waals surface area contributed by atoms with E-state index >= 15 is 0 Å². The minimum absolute atomic E-state index is 0.0237. The number of nitrogens with two attached hydrogens (primary N) is 1. The van der Waals surface area contributed by atoms with Crippen molar-refractivity contribution in [3.63, 3.8) is 0 Å². The van der Waals surface area contributed by atoms with E-state index in [-0.39, 0.29) is 35.5 Å². The van der Waals surface area contributed by atoms with Gasteiger partial charge in [0, 0.05) is 13.1 Å². The maximum Gasteiger partial charge on any atom is 0.235 e. The van der Waals surface area contributed by atoms with Crippen LogP contribution in [0.5, 0.6) is 0 Å². The van der Waals surface area contributed by atoms with Crippen LogP contribution in [0, 0.1) is 5.41 Å². The van der Waals surface area contributed by atoms with E-state index < -0.39 is 15.3 Å². The van der Waals surface area contributed by atoms with Crippen molar-refractivity contribution in [2.45, 2.75) is 20.3 Å². The summed E-state index contributed by atoms with van der Waals surface area (Å²) in [6.45, 7) is 4.03. The van der Waals surface area contributed by atoms with Crippen LogP contribution in [0.2, 0.25) is 0 Å². The first-order valence-corrected chi connectivity index (χ1v) is 7.75. The Hall–Kier alpha value is -0.690. The Morgan fingerprint density at radius 3 is 2.24 bits per heavy atom. The van der Waals surface area contributed by atoms with Crippen molar-refractivity contribution in [2.24, 2.45) is 11.1 Å². The molecule has 0 saturated carbocycles. The third kappa shape index (κ3) is 2.95. The molecule has 1 fully saturated rings. The van der Waals surface area contributed by atoms with E-state index in [1.807, 2.05) is 6.92 Å². The molecule has 1 heterocycles. The zero-order valence-electron chi connectivity index (χ0n) is 10.1. The summed E-state index contributed by atoms with van der Waals surface area (Å²) in [5.74, 6) is -0.117. The van der Waals surface area contributed by atoms with Gasteiger partial charge in [-0.15, -0.1) is 0 Å². The molecule has 1 atom stereocenters. The predicted molar refractivity (Wildman–Crippen MR) is 70.4 cm³/mol. The topological polar surface area (TPSA) is 80.5 Å². The minimum Gasteiger partial charge on any atom is -0.392 e. The van der Waals surface area contributed by atoms with Crippen molar-refractivity contribution >= 4 is 33.0 Å². The Balaban J connectivity index is 2.82. The molecule has 5 nitrogen and oxygen atoms in total. The molecule has 1 aliphatic rings. The van der Waals surface area contributed by atoms with E-state index in [9.17, 15) is 13.2 Å². The van der Waals surface area contributed by atoms with Gasteiger partial charge in [-0.25, -0.2) is 8.42 Å². The molecule has 0 aromatic carbocycles. The predicted octanol–water partition coefficient (Wildman–Crippen LogP) is -0.0542. The van der Waals surface area contributed by atoms with Crippen LogP contribution in [0.1, 0.15) is 20.3 Å². The highest BCUT2D eigenvalue weighted by Crippen LogP contribution is 2.25. The van der Waals surface area contributed by atoms with Crippen LogP contribution in [0.3, 0.4) is 0 Å². The summed E-state index contributed by atoms with van der Waals surface area (Å²) in [7, 11) is -2.98. The molecule has 17 heavy (non-hydrogen) atoms. The average molecular weight is 278 g/mol. The van der Waals surface area contributed by atoms with E-state index in [4.69, 9.17) is 18.0 Å². The van der Waals surface area contributed by atoms with Gasteiger partial charge in [0.1, 0.15) is 0 Å². The zero-order chi connectivity index (χ0) is 13.3. The SMILES string of the molecule is CCC(C)(C(=O)N1CCS(=O)(=O)CC1)C(N)=S. The second-order valence-corrected chi connectivity index (χ2v) is 7.24. The molecule has 1 amide bonds. The van der Waals surface area contributed by atoms with Crippen molar-refractivity contribution in [3.05, 3.63) is 0 Å². The van der Waals surface area contributed by atoms with Crippen molar-refractivity contribution in [3.8, 4) is 0 Å². The highest BCUT2D eigenvalue weighted by molar-refractivity contribution is 7.91. The lowest BCUT2D eigenvalue weighted by Gasteiger charge is -2.35. The molecule has 7 heteroatoms. The number of carbonyl (C=O) groups excluding carboxylic acids is 1. The van der Waals surface area contributed by atoms with E-state index in [1.165, 1.54) is 0 Å². The molecule has 1 saturated heterocycles. The molecule has 1 unspecified atom stereocenters. The largest absolute Gasteiger partial charge is 0.392 e. The van der Waals surface area contributed by atoms with Gasteiger partial charge in [0.2, 0.25) is 5.91 Å². The minimum atomic E-state index is -2.98. The standard InChI is InChI=1S/C10H18N2O3S2/c1-3-10(2,8(11)16)9(13)12-4-6-17(14,15)7-5-12/h3-7H2,1-2H3,(H2,11,16). The fourth-order valence-corrected chi connectivity index (χ4v) is 3.13. The molecule has 98 valence electrons. The molecular weight excluding hydrogens is 260 g/mol. The van der Waals surface area contributed by atoms with Crippen LogP contribution in [-0.4, -0.2) is 48.8 Å². The van der Waals surface area contributed by atoms with Crippen LogP contribution < -0.4 is 5.73 Å². The molecule has 1 aliphatic heterocycles. The second-order valence-electron chi connectivity index (χ2n) is 4.49. The van der Waals surface area contributed by atoms with Gasteiger partial charge >= 0.3 is 0 Å². The number of sulfone groups is 1. The molecule has 0 spiro atoms. The lowest BCUT2D eigenvalue weighted by Crippen LogP contribution is -2.53. The monoisotopic (exact) mass is 278 g/mol. The van der Waals surface area contributed by atoms with Gasteiger partial charge in [-0.3, -0.25) is 4.79 Å². The summed E-state index contributed by atoms with van der Waals surface area (Å²) in [5, 5.41) is 0. The Morgan fingerprint density at radius 2 is 1.88 bits per heavy atom. The number of rotatable bonds is 3. The Kier molecular flexibility index (Phi) is 4.14. The first-order chi connectivity index (χ1) is 7.73. The van der Waals surface area contributed by atoms with Gasteiger partial charge < -0.3 is 10.6 Å². The molecule has 1 rings (SSSR count). The lowest BCUT2D eigenvalue weighted by molar-refractivity contribution is -0.137. The third-order valence-corrected chi connectivity index (χ3v) is 5.41. The number of thiocarbonyl (C=S) groups is 1. The van der Waals surface area contributed by atoms with Crippen molar-refractivity contribution in [1.29, 1.82) is 0 Å². The fraction of sp³-hybridized carbons (Fsp3) is 0.800. The van der Waals surface area contributed by atoms with Crippen molar-refractivity contribution in [2.75, 3.05) is 24.6 Å². The summed E-state index contributed by atoms with van der Waals surface area (Å²) < 4.78 is 22.6. The van der Waals surface area contributed by atoms with E-state index in [2.05, 4.69) is 0 Å². The van der Waals surface area contributed by atoms with Gasteiger partial charge in [0.15, 0.2) is 9.84 Å². The van der Waals surface area contributed by atoms with E-state index in [1.54, 1.807) is 11.8 Å². The highest BCUT2D eigenvalue weighted by Gasteiger charge is 2.39. The second kappa shape index (κ2) is 4.89. The zero-order valence-corrected chi connectivity index (χ0v) is 11.7. The highest BCUT2D eigenvalue weighted by atomic mass is 32.2. The van der Waals surface area contributed by atoms with Crippen LogP contribution in [0.15, 0.2) is 0 Å². The Labute approximate surface area is 107 Å². The van der Waals surface area contributed by atoms with Crippen LogP contribution in [-0.2, 0) is 14.6 Å². The molecule has 2 N–H and O–H groups in total. The Bertz CT molecular complexity index is 419. The quantitative estimate of drug-likeness (QED) is 0.732. The molecule has 0 aromatic heterocycles. The first kappa shape index (κ1) is 14.4. The summed E-state index contributed by atoms with van der Waals surface area (Å²) >= 11 is 4.93. The number of hydrogen-bond acceptors (Lipinski definition) is 4. The van der Waals surface area contributed by atoms with Crippen molar-refractivity contribution in [1.82, 2.24) is 4.90 Å². The van der Waals surface area contributed by atoms with Gasteiger partial charge in [0.05, 0.1) is 21.9 Å². The molecule has 0 aliphatic carbocycles. The molecular formula is C10H18N2O3S2. The number of nitrogens with zero attached hydrogens (tertiary/aromatic N) is 1. The number of hydrogen-bond donors (Lipinski definition) is 1. The Morgan fingerprint density at radius 1 is 1.41 bits per heavy atom. The van der Waals surface area contributed by atoms with E-state index in [0.29, 0.717) is 6.42 Å².